The molecular formula is C20H18N4O. The van der Waals surface area contributed by atoms with Crippen molar-refractivity contribution >= 4 is 27.7 Å². The van der Waals surface area contributed by atoms with Crippen LogP contribution in [0.25, 0.3) is 21.8 Å². The van der Waals surface area contributed by atoms with Gasteiger partial charge in [-0.1, -0.05) is 41.6 Å². The summed E-state index contributed by atoms with van der Waals surface area (Å²) >= 11 is 0. The number of fused-ring (bicyclic) bond motifs is 2. The van der Waals surface area contributed by atoms with E-state index in [1.807, 2.05) is 41.9 Å². The molecule has 1 N–H and O–H groups in total. The first-order chi connectivity index (χ1) is 12.2. The number of benzene rings is 3. The van der Waals surface area contributed by atoms with E-state index < -0.39 is 0 Å². The third-order valence-corrected chi connectivity index (χ3v) is 4.34. The predicted octanol–water partition coefficient (Wildman–Crippen LogP) is 3.53. The van der Waals surface area contributed by atoms with Crippen LogP contribution in [-0.2, 0) is 13.1 Å². The van der Waals surface area contributed by atoms with Gasteiger partial charge < -0.3 is 5.32 Å². The monoisotopic (exact) mass is 330 g/mol. The summed E-state index contributed by atoms with van der Waals surface area (Å²) in [5.41, 5.74) is 3.34. The van der Waals surface area contributed by atoms with Crippen molar-refractivity contribution in [3.63, 3.8) is 0 Å². The van der Waals surface area contributed by atoms with Gasteiger partial charge in [-0.05, 0) is 47.5 Å². The molecule has 25 heavy (non-hydrogen) atoms. The maximum absolute atomic E-state index is 12.4. The van der Waals surface area contributed by atoms with Crippen molar-refractivity contribution in [2.45, 2.75) is 20.0 Å². The maximum Gasteiger partial charge on any atom is 0.251 e. The van der Waals surface area contributed by atoms with Crippen LogP contribution in [0.5, 0.6) is 0 Å². The second kappa shape index (κ2) is 6.36. The highest BCUT2D eigenvalue weighted by atomic mass is 16.1. The van der Waals surface area contributed by atoms with E-state index in [1.54, 1.807) is 6.07 Å². The lowest BCUT2D eigenvalue weighted by Crippen LogP contribution is -2.22. The Morgan fingerprint density at radius 2 is 1.88 bits per heavy atom. The summed E-state index contributed by atoms with van der Waals surface area (Å²) in [7, 11) is 0. The van der Waals surface area contributed by atoms with E-state index in [9.17, 15) is 4.79 Å². The molecule has 0 fully saturated rings. The lowest BCUT2D eigenvalue weighted by atomic mass is 10.1. The summed E-state index contributed by atoms with van der Waals surface area (Å²) in [4.78, 5) is 12.4. The molecular weight excluding hydrogens is 312 g/mol. The molecule has 1 amide bonds. The third-order valence-electron chi connectivity index (χ3n) is 4.34. The number of carbonyl (C=O) groups is 1. The van der Waals surface area contributed by atoms with Gasteiger partial charge in [0.1, 0.15) is 5.52 Å². The normalized spacial score (nSPS) is 11.1. The zero-order valence-corrected chi connectivity index (χ0v) is 13.9. The third kappa shape index (κ3) is 2.96. The molecule has 0 bridgehead atoms. The summed E-state index contributed by atoms with van der Waals surface area (Å²) < 4.78 is 1.81. The first-order valence-corrected chi connectivity index (χ1v) is 8.34. The molecule has 124 valence electrons. The number of aromatic nitrogens is 3. The van der Waals surface area contributed by atoms with Crippen LogP contribution >= 0.6 is 0 Å². The largest absolute Gasteiger partial charge is 0.348 e. The number of rotatable bonds is 4. The first-order valence-electron chi connectivity index (χ1n) is 8.34. The molecule has 0 saturated heterocycles. The standard InChI is InChI=1S/C20H18N4O/c1-2-24-19-10-9-17(12-18(19)22-23-24)20(25)21-13-14-7-8-15-5-3-4-6-16(15)11-14/h3-12H,2,13H2,1H3,(H,21,25). The van der Waals surface area contributed by atoms with Crippen LogP contribution in [0.3, 0.4) is 0 Å². The summed E-state index contributed by atoms with van der Waals surface area (Å²) in [6.07, 6.45) is 0. The van der Waals surface area contributed by atoms with E-state index in [0.717, 1.165) is 23.1 Å². The molecule has 0 spiro atoms. The van der Waals surface area contributed by atoms with Crippen LogP contribution in [0.1, 0.15) is 22.8 Å². The fourth-order valence-electron chi connectivity index (χ4n) is 2.98. The van der Waals surface area contributed by atoms with Crippen LogP contribution in [0.4, 0.5) is 0 Å². The highest BCUT2D eigenvalue weighted by Gasteiger charge is 2.09. The van der Waals surface area contributed by atoms with Crippen molar-refractivity contribution in [1.82, 2.24) is 20.3 Å². The lowest BCUT2D eigenvalue weighted by Gasteiger charge is -2.07. The Labute approximate surface area is 145 Å². The Morgan fingerprint density at radius 3 is 2.72 bits per heavy atom. The van der Waals surface area contributed by atoms with Crippen molar-refractivity contribution < 1.29 is 4.79 Å². The number of carbonyl (C=O) groups excluding carboxylic acids is 1. The van der Waals surface area contributed by atoms with Gasteiger partial charge in [0.05, 0.1) is 5.52 Å². The van der Waals surface area contributed by atoms with Crippen molar-refractivity contribution in [3.05, 3.63) is 71.8 Å². The molecule has 0 saturated carbocycles. The highest BCUT2D eigenvalue weighted by Crippen LogP contribution is 2.16. The van der Waals surface area contributed by atoms with Gasteiger partial charge in [-0.15, -0.1) is 5.10 Å². The van der Waals surface area contributed by atoms with Crippen LogP contribution in [-0.4, -0.2) is 20.9 Å². The molecule has 0 radical (unpaired) electrons. The van der Waals surface area contributed by atoms with Gasteiger partial charge in [0.15, 0.2) is 0 Å². The number of nitrogens with one attached hydrogen (secondary N) is 1. The molecule has 1 aromatic heterocycles. The lowest BCUT2D eigenvalue weighted by molar-refractivity contribution is 0.0951. The van der Waals surface area contributed by atoms with E-state index in [0.29, 0.717) is 12.1 Å². The smallest absolute Gasteiger partial charge is 0.251 e. The first kappa shape index (κ1) is 15.3. The molecule has 5 heteroatoms. The van der Waals surface area contributed by atoms with Gasteiger partial charge in [-0.25, -0.2) is 4.68 Å². The maximum atomic E-state index is 12.4. The predicted molar refractivity (Wildman–Crippen MR) is 98.3 cm³/mol. The molecule has 1 heterocycles. The molecule has 4 rings (SSSR count). The minimum absolute atomic E-state index is 0.110. The van der Waals surface area contributed by atoms with E-state index in [4.69, 9.17) is 0 Å². The molecule has 0 aliphatic heterocycles. The fourth-order valence-corrected chi connectivity index (χ4v) is 2.98. The molecule has 3 aromatic carbocycles. The Morgan fingerprint density at radius 1 is 1.04 bits per heavy atom. The average molecular weight is 330 g/mol. The van der Waals surface area contributed by atoms with Crippen molar-refractivity contribution in [3.8, 4) is 0 Å². The van der Waals surface area contributed by atoms with E-state index in [-0.39, 0.29) is 5.91 Å². The van der Waals surface area contributed by atoms with Gasteiger partial charge >= 0.3 is 0 Å². The molecule has 0 aliphatic carbocycles. The Balaban J connectivity index is 1.51. The van der Waals surface area contributed by atoms with Gasteiger partial charge in [-0.2, -0.15) is 0 Å². The minimum atomic E-state index is -0.110. The van der Waals surface area contributed by atoms with E-state index in [2.05, 4.69) is 39.9 Å². The second-order valence-corrected chi connectivity index (χ2v) is 5.97. The summed E-state index contributed by atoms with van der Waals surface area (Å²) in [6, 6.07) is 19.9. The minimum Gasteiger partial charge on any atom is -0.348 e. The fraction of sp³-hybridized carbons (Fsp3) is 0.150. The number of hydrogen-bond donors (Lipinski definition) is 1. The number of nitrogens with zero attached hydrogens (tertiary/aromatic N) is 3. The summed E-state index contributed by atoms with van der Waals surface area (Å²) in [5.74, 6) is -0.110. The van der Waals surface area contributed by atoms with Gasteiger partial charge in [0.25, 0.3) is 5.91 Å². The van der Waals surface area contributed by atoms with Crippen LogP contribution < -0.4 is 5.32 Å². The van der Waals surface area contributed by atoms with Crippen LogP contribution in [0.2, 0.25) is 0 Å². The van der Waals surface area contributed by atoms with Crippen LogP contribution in [0, 0.1) is 0 Å². The molecule has 0 atom stereocenters. The Hall–Kier alpha value is -3.21. The Bertz CT molecular complexity index is 1070. The average Bonchev–Trinajstić information content (AvgIpc) is 3.08. The number of hydrogen-bond acceptors (Lipinski definition) is 3. The summed E-state index contributed by atoms with van der Waals surface area (Å²) in [6.45, 7) is 3.26. The molecule has 0 aliphatic rings. The van der Waals surface area contributed by atoms with Crippen LogP contribution in [0.15, 0.2) is 60.7 Å². The van der Waals surface area contributed by atoms with Gasteiger partial charge in [0, 0.05) is 18.7 Å². The topological polar surface area (TPSA) is 59.8 Å². The Kier molecular flexibility index (Phi) is 3.90. The quantitative estimate of drug-likeness (QED) is 0.623. The SMILES string of the molecule is CCn1nnc2cc(C(=O)NCc3ccc4ccccc4c3)ccc21. The van der Waals surface area contributed by atoms with E-state index in [1.165, 1.54) is 10.8 Å². The number of aryl methyl sites for hydroxylation is 1. The zero-order chi connectivity index (χ0) is 17.2. The van der Waals surface area contributed by atoms with Gasteiger partial charge in [0.2, 0.25) is 0 Å². The van der Waals surface area contributed by atoms with Crippen molar-refractivity contribution in [2.75, 3.05) is 0 Å². The molecule has 0 unspecified atom stereocenters. The number of amides is 1. The summed E-state index contributed by atoms with van der Waals surface area (Å²) in [5, 5.41) is 13.5. The van der Waals surface area contributed by atoms with E-state index >= 15 is 0 Å². The second-order valence-electron chi connectivity index (χ2n) is 5.97. The van der Waals surface area contributed by atoms with Crippen molar-refractivity contribution in [1.29, 1.82) is 0 Å². The molecule has 5 nitrogen and oxygen atoms in total. The molecule has 4 aromatic rings. The van der Waals surface area contributed by atoms with Crippen molar-refractivity contribution in [2.24, 2.45) is 0 Å². The van der Waals surface area contributed by atoms with Gasteiger partial charge in [-0.3, -0.25) is 4.79 Å². The zero-order valence-electron chi connectivity index (χ0n) is 13.9. The highest BCUT2D eigenvalue weighted by molar-refractivity contribution is 5.97.